The zero-order chi connectivity index (χ0) is 18.6. The van der Waals surface area contributed by atoms with Crippen molar-refractivity contribution in [2.75, 3.05) is 0 Å². The van der Waals surface area contributed by atoms with Crippen LogP contribution in [0.1, 0.15) is 48.4 Å². The van der Waals surface area contributed by atoms with Crippen LogP contribution in [-0.2, 0) is 0 Å². The van der Waals surface area contributed by atoms with Gasteiger partial charge in [-0.3, -0.25) is 4.79 Å². The Morgan fingerprint density at radius 2 is 1.46 bits per heavy atom. The Hall–Kier alpha value is -0.425. The molecule has 26 heavy (non-hydrogen) atoms. The molecule has 0 saturated carbocycles. The Kier molecular flexibility index (Phi) is 13.0. The fourth-order valence-corrected chi connectivity index (χ4v) is 2.64. The summed E-state index contributed by atoms with van der Waals surface area (Å²) in [7, 11) is 0. The number of carbonyl (C=O) groups is 1. The molecule has 0 bridgehead atoms. The minimum atomic E-state index is -0.864. The van der Waals surface area contributed by atoms with Crippen LogP contribution in [0.15, 0.2) is 24.3 Å². The van der Waals surface area contributed by atoms with E-state index in [1.807, 2.05) is 0 Å². The number of aryl methyl sites for hydroxylation is 2. The fourth-order valence-electron chi connectivity index (χ4n) is 2.04. The van der Waals surface area contributed by atoms with E-state index in [9.17, 15) is 18.7 Å². The van der Waals surface area contributed by atoms with E-state index in [1.54, 1.807) is 26.0 Å². The number of Topliss-reactive ketones (excluding diaryl/α,β-unsaturated/α-hetero) is 1. The molecule has 8 heteroatoms. The molecule has 2 rings (SSSR count). The molecule has 135 valence electrons. The summed E-state index contributed by atoms with van der Waals surface area (Å²) in [5, 5.41) is 9.71. The zero-order valence-electron chi connectivity index (χ0n) is 16.3. The number of ketones is 1. The first kappa shape index (κ1) is 27.8. The summed E-state index contributed by atoms with van der Waals surface area (Å²) in [5.41, 5.74) is 1.64. The maximum Gasteiger partial charge on any atom is 1.00 e. The number of benzene rings is 2. The summed E-state index contributed by atoms with van der Waals surface area (Å²) in [4.78, 5) is 10.9. The van der Waals surface area contributed by atoms with Gasteiger partial charge in [0.2, 0.25) is 0 Å². The maximum atomic E-state index is 13.0. The molecule has 3 radical (unpaired) electrons. The van der Waals surface area contributed by atoms with Gasteiger partial charge in [-0.1, -0.05) is 35.3 Å². The standard InChI is InChI=1S/C9H10ClFO.C9H8ClFO.B.Na.H/c2*1-5-3-4-7(11)8(6(2)12)9(5)10;;;/h3-4,6,12H,1-2H3;3-4H,1-2H3;;;/q;;;+1;-1. The van der Waals surface area contributed by atoms with Crippen LogP contribution in [0.2, 0.25) is 10.0 Å². The molecule has 2 aromatic carbocycles. The number of hydrogen-bond donors (Lipinski definition) is 1. The van der Waals surface area contributed by atoms with Crippen molar-refractivity contribution >= 4 is 37.4 Å². The molecular formula is C18H19BCl2F2NaO2. The van der Waals surface area contributed by atoms with Crippen LogP contribution in [0.3, 0.4) is 0 Å². The molecule has 1 unspecified atom stereocenters. The monoisotopic (exact) mass is 409 g/mol. The number of hydrogen-bond acceptors (Lipinski definition) is 2. The Labute approximate surface area is 188 Å². The van der Waals surface area contributed by atoms with E-state index in [2.05, 4.69) is 0 Å². The van der Waals surface area contributed by atoms with E-state index < -0.39 is 17.7 Å². The molecule has 2 nitrogen and oxygen atoms in total. The van der Waals surface area contributed by atoms with Crippen molar-refractivity contribution in [3.63, 3.8) is 0 Å². The third kappa shape index (κ3) is 6.95. The Morgan fingerprint density at radius 3 is 1.81 bits per heavy atom. The quantitative estimate of drug-likeness (QED) is 0.611. The van der Waals surface area contributed by atoms with Crippen LogP contribution in [0.5, 0.6) is 0 Å². The van der Waals surface area contributed by atoms with E-state index in [0.717, 1.165) is 5.56 Å². The number of aliphatic hydroxyl groups excluding tert-OH is 1. The van der Waals surface area contributed by atoms with Gasteiger partial charge in [-0.25, -0.2) is 8.78 Å². The average Bonchev–Trinajstić information content (AvgIpc) is 2.48. The van der Waals surface area contributed by atoms with Gasteiger partial charge in [0.1, 0.15) is 11.6 Å². The average molecular weight is 410 g/mol. The second kappa shape index (κ2) is 12.1. The van der Waals surface area contributed by atoms with Crippen LogP contribution in [0, 0.1) is 25.5 Å². The van der Waals surface area contributed by atoms with Crippen molar-refractivity contribution < 1.29 is 49.7 Å². The minimum absolute atomic E-state index is 0. The zero-order valence-corrected chi connectivity index (χ0v) is 18.8. The molecule has 0 amide bonds. The molecule has 0 saturated heterocycles. The molecule has 0 aromatic heterocycles. The summed E-state index contributed by atoms with van der Waals surface area (Å²) in [6, 6.07) is 5.69. The SMILES string of the molecule is CC(=O)c1c(F)ccc(C)c1Cl.Cc1ccc(F)c(C(C)O)c1Cl.[B].[H-].[Na+]. The van der Waals surface area contributed by atoms with E-state index in [1.165, 1.54) is 26.0 Å². The molecular weight excluding hydrogens is 391 g/mol. The van der Waals surface area contributed by atoms with Gasteiger partial charge in [-0.15, -0.1) is 0 Å². The second-order valence-corrected chi connectivity index (χ2v) is 6.13. The molecule has 1 N–H and O–H groups in total. The first-order valence-electron chi connectivity index (χ1n) is 7.16. The van der Waals surface area contributed by atoms with E-state index in [4.69, 9.17) is 23.2 Å². The minimum Gasteiger partial charge on any atom is -1.00 e. The molecule has 0 aliphatic carbocycles. The normalized spacial score (nSPS) is 10.7. The van der Waals surface area contributed by atoms with Crippen molar-refractivity contribution in [3.8, 4) is 0 Å². The second-order valence-electron chi connectivity index (χ2n) is 5.38. The van der Waals surface area contributed by atoms with E-state index >= 15 is 0 Å². The van der Waals surface area contributed by atoms with E-state index in [0.29, 0.717) is 10.6 Å². The Bertz CT molecular complexity index is 778. The fraction of sp³-hybridized carbons (Fsp3) is 0.278. The smallest absolute Gasteiger partial charge is 1.00 e. The predicted octanol–water partition coefficient (Wildman–Crippen LogP) is 2.57. The van der Waals surface area contributed by atoms with Crippen molar-refractivity contribution in [1.82, 2.24) is 0 Å². The maximum absolute atomic E-state index is 13.0. The van der Waals surface area contributed by atoms with Crippen LogP contribution >= 0.6 is 23.2 Å². The van der Waals surface area contributed by atoms with Gasteiger partial charge in [0.15, 0.2) is 5.78 Å². The molecule has 0 aliphatic rings. The van der Waals surface area contributed by atoms with Crippen LogP contribution < -0.4 is 29.6 Å². The molecule has 2 aromatic rings. The van der Waals surface area contributed by atoms with Crippen molar-refractivity contribution in [2.24, 2.45) is 0 Å². The van der Waals surface area contributed by atoms with Gasteiger partial charge in [0, 0.05) is 14.0 Å². The Balaban J connectivity index is -0.000000384. The van der Waals surface area contributed by atoms with Gasteiger partial charge in [0.05, 0.1) is 21.7 Å². The molecule has 1 atom stereocenters. The van der Waals surface area contributed by atoms with Gasteiger partial charge in [-0.2, -0.15) is 0 Å². The van der Waals surface area contributed by atoms with Gasteiger partial charge in [-0.05, 0) is 51.0 Å². The Morgan fingerprint density at radius 1 is 1.04 bits per heavy atom. The molecule has 0 heterocycles. The largest absolute Gasteiger partial charge is 1.00 e. The topological polar surface area (TPSA) is 37.3 Å². The van der Waals surface area contributed by atoms with Crippen LogP contribution in [-0.4, -0.2) is 19.3 Å². The third-order valence-electron chi connectivity index (χ3n) is 3.37. The molecule has 0 aliphatic heterocycles. The number of rotatable bonds is 2. The number of halogens is 4. The van der Waals surface area contributed by atoms with Crippen LogP contribution in [0.25, 0.3) is 0 Å². The van der Waals surface area contributed by atoms with Crippen LogP contribution in [0.4, 0.5) is 8.78 Å². The predicted molar refractivity (Wildman–Crippen MR) is 99.8 cm³/mol. The summed E-state index contributed by atoms with van der Waals surface area (Å²) >= 11 is 11.5. The first-order chi connectivity index (χ1) is 11.1. The molecule has 0 fully saturated rings. The third-order valence-corrected chi connectivity index (χ3v) is 4.36. The first-order valence-corrected chi connectivity index (χ1v) is 7.91. The number of carbonyl (C=O) groups excluding carboxylic acids is 1. The summed E-state index contributed by atoms with van der Waals surface area (Å²) < 4.78 is 26.0. The number of aliphatic hydroxyl groups is 1. The van der Waals surface area contributed by atoms with Crippen molar-refractivity contribution in [3.05, 3.63) is 68.2 Å². The van der Waals surface area contributed by atoms with Crippen molar-refractivity contribution in [1.29, 1.82) is 0 Å². The van der Waals surface area contributed by atoms with E-state index in [-0.39, 0.29) is 61.3 Å². The van der Waals surface area contributed by atoms with Gasteiger partial charge in [0.25, 0.3) is 0 Å². The summed E-state index contributed by atoms with van der Waals surface area (Å²) in [6.45, 7) is 6.29. The van der Waals surface area contributed by atoms with Crippen molar-refractivity contribution in [2.45, 2.75) is 33.8 Å². The summed E-state index contributed by atoms with van der Waals surface area (Å²) in [5.74, 6) is -1.36. The van der Waals surface area contributed by atoms with Gasteiger partial charge >= 0.3 is 29.6 Å². The summed E-state index contributed by atoms with van der Waals surface area (Å²) in [6.07, 6.45) is -0.864. The van der Waals surface area contributed by atoms with Gasteiger partial charge < -0.3 is 6.53 Å². The molecule has 0 spiro atoms.